The number of aromatic amines is 1. The second kappa shape index (κ2) is 6.35. The van der Waals surface area contributed by atoms with Crippen LogP contribution >= 0.6 is 0 Å². The lowest BCUT2D eigenvalue weighted by Crippen LogP contribution is -2.15. The summed E-state index contributed by atoms with van der Waals surface area (Å²) in [6, 6.07) is 11.0. The first-order valence-electron chi connectivity index (χ1n) is 7.93. The van der Waals surface area contributed by atoms with Crippen LogP contribution in [0.4, 0.5) is 5.95 Å². The molecule has 128 valence electrons. The van der Waals surface area contributed by atoms with E-state index < -0.39 is 0 Å². The third kappa shape index (κ3) is 3.08. The number of imidazole rings is 1. The summed E-state index contributed by atoms with van der Waals surface area (Å²) in [5.74, 6) is 1.77. The third-order valence-corrected chi connectivity index (χ3v) is 3.98. The van der Waals surface area contributed by atoms with Crippen molar-refractivity contribution in [2.24, 2.45) is 0 Å². The lowest BCUT2D eigenvalue weighted by Gasteiger charge is -2.17. The fraction of sp³-hybridized carbons (Fsp3) is 0.222. The molecule has 4 rings (SSSR count). The molecule has 0 saturated heterocycles. The largest absolute Gasteiger partial charge is 0.486 e. The van der Waals surface area contributed by atoms with E-state index in [1.54, 1.807) is 12.1 Å². The van der Waals surface area contributed by atoms with Gasteiger partial charge in [-0.1, -0.05) is 12.1 Å². The minimum atomic E-state index is -0.342. The van der Waals surface area contributed by atoms with Gasteiger partial charge in [-0.05, 0) is 17.7 Å². The number of carbonyl (C=O) groups is 1. The van der Waals surface area contributed by atoms with Gasteiger partial charge in [-0.2, -0.15) is 0 Å². The van der Waals surface area contributed by atoms with Gasteiger partial charge in [0.05, 0.1) is 23.7 Å². The maximum Gasteiger partial charge on any atom is 0.337 e. The number of benzene rings is 2. The molecule has 7 nitrogen and oxygen atoms in total. The van der Waals surface area contributed by atoms with E-state index in [1.807, 2.05) is 24.3 Å². The Morgan fingerprint density at radius 1 is 1.20 bits per heavy atom. The summed E-state index contributed by atoms with van der Waals surface area (Å²) in [4.78, 5) is 19.2. The van der Waals surface area contributed by atoms with Crippen LogP contribution in [0, 0.1) is 0 Å². The number of carbonyl (C=O) groups excluding carboxylic acids is 1. The number of nitrogens with zero attached hydrogens (tertiary/aromatic N) is 1. The van der Waals surface area contributed by atoms with Gasteiger partial charge in [0.2, 0.25) is 5.95 Å². The second-order valence-corrected chi connectivity index (χ2v) is 5.64. The first kappa shape index (κ1) is 15.3. The van der Waals surface area contributed by atoms with E-state index in [0.29, 0.717) is 31.3 Å². The van der Waals surface area contributed by atoms with Gasteiger partial charge in [0.1, 0.15) is 13.2 Å². The smallest absolute Gasteiger partial charge is 0.337 e. The van der Waals surface area contributed by atoms with Crippen LogP contribution in [-0.4, -0.2) is 36.3 Å². The van der Waals surface area contributed by atoms with Crippen molar-refractivity contribution in [3.8, 4) is 11.5 Å². The highest BCUT2D eigenvalue weighted by Gasteiger charge is 2.14. The summed E-state index contributed by atoms with van der Waals surface area (Å²) in [6.45, 7) is 1.68. The summed E-state index contributed by atoms with van der Waals surface area (Å²) >= 11 is 0. The van der Waals surface area contributed by atoms with Gasteiger partial charge in [0, 0.05) is 18.7 Å². The van der Waals surface area contributed by atoms with E-state index in [0.717, 1.165) is 28.1 Å². The molecule has 0 spiro atoms. The van der Waals surface area contributed by atoms with E-state index in [-0.39, 0.29) is 5.97 Å². The first-order valence-corrected chi connectivity index (χ1v) is 7.93. The van der Waals surface area contributed by atoms with Crippen molar-refractivity contribution in [3.63, 3.8) is 0 Å². The lowest BCUT2D eigenvalue weighted by molar-refractivity contribution is 0.0600. The normalized spacial score (nSPS) is 12.8. The Morgan fingerprint density at radius 3 is 2.64 bits per heavy atom. The molecule has 0 unspecified atom stereocenters. The van der Waals surface area contributed by atoms with Gasteiger partial charge < -0.3 is 24.5 Å². The molecule has 0 aliphatic carbocycles. The molecule has 0 atom stereocenters. The number of anilines is 1. The zero-order valence-electron chi connectivity index (χ0n) is 13.7. The molecule has 2 aromatic carbocycles. The fourth-order valence-corrected chi connectivity index (χ4v) is 2.69. The molecule has 0 fully saturated rings. The maximum atomic E-state index is 11.4. The van der Waals surface area contributed by atoms with Gasteiger partial charge in [-0.25, -0.2) is 9.78 Å². The average molecular weight is 339 g/mol. The van der Waals surface area contributed by atoms with Gasteiger partial charge in [-0.3, -0.25) is 0 Å². The van der Waals surface area contributed by atoms with Crippen LogP contribution in [0.1, 0.15) is 15.9 Å². The summed E-state index contributed by atoms with van der Waals surface area (Å²) in [6.07, 6.45) is 0. The topological polar surface area (TPSA) is 85.5 Å². The third-order valence-electron chi connectivity index (χ3n) is 3.98. The molecule has 0 saturated carbocycles. The molecule has 7 heteroatoms. The summed E-state index contributed by atoms with van der Waals surface area (Å²) in [5, 5.41) is 3.24. The van der Waals surface area contributed by atoms with E-state index in [1.165, 1.54) is 7.11 Å². The van der Waals surface area contributed by atoms with Crippen LogP contribution in [0.2, 0.25) is 0 Å². The quantitative estimate of drug-likeness (QED) is 0.711. The number of hydrogen-bond donors (Lipinski definition) is 2. The SMILES string of the molecule is COC(=O)c1ccc(CNc2nc3cc4c(cc3[nH]2)OCCO4)cc1. The zero-order chi connectivity index (χ0) is 17.2. The number of nitrogens with one attached hydrogen (secondary N) is 2. The predicted octanol–water partition coefficient (Wildman–Crippen LogP) is 2.73. The van der Waals surface area contributed by atoms with Crippen molar-refractivity contribution in [1.29, 1.82) is 0 Å². The number of fused-ring (bicyclic) bond motifs is 2. The highest BCUT2D eigenvalue weighted by molar-refractivity contribution is 5.89. The van der Waals surface area contributed by atoms with Crippen LogP contribution in [0.15, 0.2) is 36.4 Å². The minimum Gasteiger partial charge on any atom is -0.486 e. The van der Waals surface area contributed by atoms with Crippen molar-refractivity contribution in [2.45, 2.75) is 6.54 Å². The number of ether oxygens (including phenoxy) is 3. The molecule has 1 aliphatic heterocycles. The van der Waals surface area contributed by atoms with E-state index in [2.05, 4.69) is 15.3 Å². The van der Waals surface area contributed by atoms with Gasteiger partial charge in [0.15, 0.2) is 11.5 Å². The summed E-state index contributed by atoms with van der Waals surface area (Å²) in [5.41, 5.74) is 3.25. The monoisotopic (exact) mass is 339 g/mol. The average Bonchev–Trinajstić information content (AvgIpc) is 3.06. The van der Waals surface area contributed by atoms with Crippen LogP contribution < -0.4 is 14.8 Å². The Balaban J connectivity index is 1.48. The lowest BCUT2D eigenvalue weighted by atomic mass is 10.1. The Kier molecular flexibility index (Phi) is 3.89. The van der Waals surface area contributed by atoms with Crippen LogP contribution in [0.5, 0.6) is 11.5 Å². The number of H-pyrrole nitrogens is 1. The van der Waals surface area contributed by atoms with Gasteiger partial charge in [0.25, 0.3) is 0 Å². The number of methoxy groups -OCH3 is 1. The van der Waals surface area contributed by atoms with Gasteiger partial charge in [-0.15, -0.1) is 0 Å². The summed E-state index contributed by atoms with van der Waals surface area (Å²) in [7, 11) is 1.37. The standard InChI is InChI=1S/C18H17N3O4/c1-23-17(22)12-4-2-11(3-5-12)10-19-18-20-13-8-15-16(9-14(13)21-18)25-7-6-24-15/h2-5,8-9H,6-7,10H2,1H3,(H2,19,20,21). The zero-order valence-corrected chi connectivity index (χ0v) is 13.7. The molecular formula is C18H17N3O4. The van der Waals surface area contributed by atoms with E-state index in [9.17, 15) is 4.79 Å². The van der Waals surface area contributed by atoms with Crippen molar-refractivity contribution in [2.75, 3.05) is 25.6 Å². The predicted molar refractivity (Wildman–Crippen MR) is 92.2 cm³/mol. The molecule has 0 radical (unpaired) electrons. The highest BCUT2D eigenvalue weighted by Crippen LogP contribution is 2.34. The molecule has 2 N–H and O–H groups in total. The molecule has 25 heavy (non-hydrogen) atoms. The van der Waals surface area contributed by atoms with Crippen molar-refractivity contribution in [1.82, 2.24) is 9.97 Å². The maximum absolute atomic E-state index is 11.4. The Bertz CT molecular complexity index is 875. The van der Waals surface area contributed by atoms with Crippen molar-refractivity contribution in [3.05, 3.63) is 47.5 Å². The number of aromatic nitrogens is 2. The highest BCUT2D eigenvalue weighted by atomic mass is 16.6. The molecular weight excluding hydrogens is 322 g/mol. The van der Waals surface area contributed by atoms with Crippen molar-refractivity contribution < 1.29 is 19.0 Å². The van der Waals surface area contributed by atoms with Crippen LogP contribution in [-0.2, 0) is 11.3 Å². The molecule has 2 heterocycles. The fourth-order valence-electron chi connectivity index (χ4n) is 2.69. The van der Waals surface area contributed by atoms with Crippen LogP contribution in [0.25, 0.3) is 11.0 Å². The molecule has 3 aromatic rings. The Morgan fingerprint density at radius 2 is 1.92 bits per heavy atom. The molecule has 1 aromatic heterocycles. The Labute approximate surface area is 143 Å². The van der Waals surface area contributed by atoms with Crippen molar-refractivity contribution >= 4 is 23.0 Å². The second-order valence-electron chi connectivity index (χ2n) is 5.64. The molecule has 0 bridgehead atoms. The van der Waals surface area contributed by atoms with E-state index in [4.69, 9.17) is 14.2 Å². The van der Waals surface area contributed by atoms with Gasteiger partial charge >= 0.3 is 5.97 Å². The molecule has 0 amide bonds. The number of esters is 1. The van der Waals surface area contributed by atoms with E-state index >= 15 is 0 Å². The number of rotatable bonds is 4. The summed E-state index contributed by atoms with van der Waals surface area (Å²) < 4.78 is 15.8. The first-order chi connectivity index (χ1) is 12.2. The minimum absolute atomic E-state index is 0.342. The molecule has 1 aliphatic rings. The Hall–Kier alpha value is -3.22. The number of hydrogen-bond acceptors (Lipinski definition) is 6. The van der Waals surface area contributed by atoms with Crippen LogP contribution in [0.3, 0.4) is 0 Å².